The summed E-state index contributed by atoms with van der Waals surface area (Å²) in [5.74, 6) is -0.496. The largest absolute Gasteiger partial charge is 0.427 e. The number of rotatable bonds is 4. The first-order chi connectivity index (χ1) is 11.8. The number of carbonyl (C=O) groups is 1. The number of hydrogen-bond donors (Lipinski definition) is 1. The van der Waals surface area contributed by atoms with Gasteiger partial charge in [-0.15, -0.1) is 0 Å². The van der Waals surface area contributed by atoms with Gasteiger partial charge in [-0.1, -0.05) is 22.9 Å². The Morgan fingerprint density at radius 1 is 1.24 bits per heavy atom. The van der Waals surface area contributed by atoms with Gasteiger partial charge in [-0.05, 0) is 30.3 Å². The van der Waals surface area contributed by atoms with Crippen molar-refractivity contribution in [2.45, 2.75) is 12.6 Å². The van der Waals surface area contributed by atoms with Gasteiger partial charge >= 0.3 is 6.18 Å². The Balaban J connectivity index is 1.64. The predicted octanol–water partition coefficient (Wildman–Crippen LogP) is 4.18. The fourth-order valence-electron chi connectivity index (χ4n) is 1.98. The van der Waals surface area contributed by atoms with Crippen molar-refractivity contribution in [1.82, 2.24) is 14.8 Å². The molecule has 0 aliphatic carbocycles. The lowest BCUT2D eigenvalue weighted by Crippen LogP contribution is -2.14. The van der Waals surface area contributed by atoms with E-state index in [1.807, 2.05) is 0 Å². The second-order valence-corrected chi connectivity index (χ2v) is 6.45. The third-order valence-electron chi connectivity index (χ3n) is 3.11. The summed E-state index contributed by atoms with van der Waals surface area (Å²) >= 11 is 6.20. The molecule has 2 heterocycles. The van der Waals surface area contributed by atoms with E-state index >= 15 is 0 Å². The third kappa shape index (κ3) is 4.37. The molecule has 1 aromatic carbocycles. The van der Waals surface area contributed by atoms with Crippen LogP contribution < -0.4 is 5.32 Å². The molecule has 3 aromatic rings. The molecule has 0 fully saturated rings. The fraction of sp³-hybridized carbons (Fsp3) is 0.133. The molecule has 3 rings (SSSR count). The van der Waals surface area contributed by atoms with Gasteiger partial charge in [0.1, 0.15) is 4.88 Å². The van der Waals surface area contributed by atoms with E-state index in [0.29, 0.717) is 28.3 Å². The molecule has 130 valence electrons. The number of carbonyl (C=O) groups excluding carboxylic acids is 1. The van der Waals surface area contributed by atoms with Crippen LogP contribution in [-0.2, 0) is 17.4 Å². The average Bonchev–Trinajstić information content (AvgIpc) is 3.17. The van der Waals surface area contributed by atoms with Crippen LogP contribution in [0.25, 0.3) is 5.69 Å². The highest BCUT2D eigenvalue weighted by Crippen LogP contribution is 2.34. The zero-order chi connectivity index (χ0) is 18.0. The van der Waals surface area contributed by atoms with Crippen molar-refractivity contribution in [3.63, 3.8) is 0 Å². The Labute approximate surface area is 149 Å². The van der Waals surface area contributed by atoms with E-state index in [4.69, 9.17) is 11.6 Å². The van der Waals surface area contributed by atoms with Gasteiger partial charge in [0.05, 0.1) is 24.0 Å². The highest BCUT2D eigenvalue weighted by atomic mass is 35.5. The van der Waals surface area contributed by atoms with Gasteiger partial charge in [-0.2, -0.15) is 18.3 Å². The zero-order valence-electron chi connectivity index (χ0n) is 12.4. The summed E-state index contributed by atoms with van der Waals surface area (Å²) in [5, 5.41) is 7.09. The minimum Gasteiger partial charge on any atom is -0.302 e. The molecule has 0 saturated carbocycles. The Morgan fingerprint density at radius 3 is 2.60 bits per heavy atom. The topological polar surface area (TPSA) is 59.8 Å². The smallest absolute Gasteiger partial charge is 0.302 e. The molecule has 0 aliphatic heterocycles. The molecule has 0 saturated heterocycles. The summed E-state index contributed by atoms with van der Waals surface area (Å²) in [5.41, 5.74) is 1.24. The Kier molecular flexibility index (Phi) is 4.78. The van der Waals surface area contributed by atoms with Crippen LogP contribution in [0.3, 0.4) is 0 Å². The molecular formula is C15H10ClF3N4OS. The van der Waals surface area contributed by atoms with Crippen molar-refractivity contribution in [2.24, 2.45) is 0 Å². The number of nitrogens with zero attached hydrogens (tertiary/aromatic N) is 3. The van der Waals surface area contributed by atoms with Gasteiger partial charge in [0.15, 0.2) is 5.13 Å². The number of aromatic nitrogens is 3. The molecule has 5 nitrogen and oxygen atoms in total. The van der Waals surface area contributed by atoms with Crippen molar-refractivity contribution in [1.29, 1.82) is 0 Å². The average molecular weight is 387 g/mol. The van der Waals surface area contributed by atoms with Crippen LogP contribution in [-0.4, -0.2) is 20.7 Å². The second kappa shape index (κ2) is 6.85. The summed E-state index contributed by atoms with van der Waals surface area (Å²) in [6.07, 6.45) is -2.19. The molecule has 10 heteroatoms. The summed E-state index contributed by atoms with van der Waals surface area (Å²) in [6.45, 7) is 0. The van der Waals surface area contributed by atoms with E-state index in [-0.39, 0.29) is 11.6 Å². The molecule has 0 radical (unpaired) electrons. The Hall–Kier alpha value is -2.39. The SMILES string of the molecule is O=C(Cc1ccn(-c2ccc(Cl)cc2)n1)Nc1ncc(C(F)(F)F)s1. The molecule has 1 N–H and O–H groups in total. The molecule has 0 spiro atoms. The van der Waals surface area contributed by atoms with E-state index in [2.05, 4.69) is 15.4 Å². The van der Waals surface area contributed by atoms with Crippen molar-refractivity contribution in [3.8, 4) is 5.69 Å². The van der Waals surface area contributed by atoms with Crippen LogP contribution in [0.2, 0.25) is 5.02 Å². The molecule has 0 aliphatic rings. The predicted molar refractivity (Wildman–Crippen MR) is 88.0 cm³/mol. The number of hydrogen-bond acceptors (Lipinski definition) is 4. The maximum atomic E-state index is 12.5. The van der Waals surface area contributed by atoms with E-state index < -0.39 is 17.0 Å². The van der Waals surface area contributed by atoms with Crippen LogP contribution in [0.15, 0.2) is 42.7 Å². The molecule has 0 bridgehead atoms. The lowest BCUT2D eigenvalue weighted by Gasteiger charge is -2.02. The number of benzene rings is 1. The Morgan fingerprint density at radius 2 is 1.96 bits per heavy atom. The zero-order valence-corrected chi connectivity index (χ0v) is 14.0. The molecule has 0 atom stereocenters. The number of alkyl halides is 3. The van der Waals surface area contributed by atoms with Crippen molar-refractivity contribution >= 4 is 34.0 Å². The van der Waals surface area contributed by atoms with Crippen molar-refractivity contribution < 1.29 is 18.0 Å². The first kappa shape index (κ1) is 17.4. The van der Waals surface area contributed by atoms with E-state index in [1.165, 1.54) is 0 Å². The van der Waals surface area contributed by atoms with Crippen LogP contribution >= 0.6 is 22.9 Å². The number of anilines is 1. The molecule has 25 heavy (non-hydrogen) atoms. The minimum atomic E-state index is -4.47. The summed E-state index contributed by atoms with van der Waals surface area (Å²) in [7, 11) is 0. The van der Waals surface area contributed by atoms with Crippen LogP contribution in [0.4, 0.5) is 18.3 Å². The first-order valence-corrected chi connectivity index (χ1v) is 8.14. The van der Waals surface area contributed by atoms with Crippen LogP contribution in [0.5, 0.6) is 0 Å². The molecular weight excluding hydrogens is 377 g/mol. The maximum absolute atomic E-state index is 12.5. The normalized spacial score (nSPS) is 11.5. The van der Waals surface area contributed by atoms with Crippen molar-refractivity contribution in [3.05, 3.63) is 58.3 Å². The van der Waals surface area contributed by atoms with Crippen molar-refractivity contribution in [2.75, 3.05) is 5.32 Å². The van der Waals surface area contributed by atoms with Gasteiger partial charge in [0.2, 0.25) is 5.91 Å². The number of nitrogens with one attached hydrogen (secondary N) is 1. The summed E-state index contributed by atoms with van der Waals surface area (Å²) in [6, 6.07) is 8.62. The number of amides is 1. The second-order valence-electron chi connectivity index (χ2n) is 4.98. The minimum absolute atomic E-state index is 0.0818. The van der Waals surface area contributed by atoms with E-state index in [0.717, 1.165) is 5.69 Å². The standard InChI is InChI=1S/C15H10ClF3N4OS/c16-9-1-3-11(4-2-9)23-6-5-10(22-23)7-13(24)21-14-20-8-12(25-14)15(17,18)19/h1-6,8H,7H2,(H,20,21,24). The Bertz CT molecular complexity index is 889. The summed E-state index contributed by atoms with van der Waals surface area (Å²) < 4.78 is 39.1. The van der Waals surface area contributed by atoms with Gasteiger partial charge < -0.3 is 5.32 Å². The van der Waals surface area contributed by atoms with Gasteiger partial charge in [-0.25, -0.2) is 9.67 Å². The van der Waals surface area contributed by atoms with Gasteiger partial charge in [-0.3, -0.25) is 4.79 Å². The molecule has 1 amide bonds. The van der Waals surface area contributed by atoms with E-state index in [1.54, 1.807) is 41.2 Å². The van der Waals surface area contributed by atoms with Crippen LogP contribution in [0.1, 0.15) is 10.6 Å². The summed E-state index contributed by atoms with van der Waals surface area (Å²) in [4.78, 5) is 14.6. The lowest BCUT2D eigenvalue weighted by molar-refractivity contribution is -0.134. The molecule has 2 aromatic heterocycles. The van der Waals surface area contributed by atoms with E-state index in [9.17, 15) is 18.0 Å². The van der Waals surface area contributed by atoms with Gasteiger partial charge in [0.25, 0.3) is 0 Å². The first-order valence-electron chi connectivity index (χ1n) is 6.94. The number of thiazole rings is 1. The fourth-order valence-corrected chi connectivity index (χ4v) is 2.81. The quantitative estimate of drug-likeness (QED) is 0.731. The third-order valence-corrected chi connectivity index (χ3v) is 4.32. The highest BCUT2D eigenvalue weighted by Gasteiger charge is 2.33. The number of halogens is 4. The molecule has 0 unspecified atom stereocenters. The monoisotopic (exact) mass is 386 g/mol. The highest BCUT2D eigenvalue weighted by molar-refractivity contribution is 7.15. The van der Waals surface area contributed by atoms with Gasteiger partial charge in [0, 0.05) is 11.2 Å². The van der Waals surface area contributed by atoms with Crippen LogP contribution in [0, 0.1) is 0 Å². The lowest BCUT2D eigenvalue weighted by atomic mass is 10.3. The maximum Gasteiger partial charge on any atom is 0.427 e.